The molecule has 2 heterocycles. The highest BCUT2D eigenvalue weighted by molar-refractivity contribution is 6.30. The van der Waals surface area contributed by atoms with Crippen LogP contribution in [0.2, 0.25) is 5.02 Å². The minimum Gasteiger partial charge on any atom is -0.349 e. The number of hydrogen-bond acceptors (Lipinski definition) is 3. The lowest BCUT2D eigenvalue weighted by molar-refractivity contribution is -0.128. The van der Waals surface area contributed by atoms with E-state index in [4.69, 9.17) is 11.6 Å². The van der Waals surface area contributed by atoms with Gasteiger partial charge in [-0.2, -0.15) is 0 Å². The van der Waals surface area contributed by atoms with E-state index in [1.807, 2.05) is 12.1 Å². The first-order chi connectivity index (χ1) is 14.3. The molecular weight excluding hydrogens is 405 g/mol. The molecule has 2 aromatic rings. The van der Waals surface area contributed by atoms with Crippen LogP contribution in [-0.4, -0.2) is 29.4 Å². The number of fused-ring (bicyclic) bond motifs is 1. The lowest BCUT2D eigenvalue weighted by Crippen LogP contribution is -2.42. The van der Waals surface area contributed by atoms with Gasteiger partial charge >= 0.3 is 0 Å². The Balaban J connectivity index is 1.36. The molecule has 0 saturated heterocycles. The number of hydrogen-bond donors (Lipinski definition) is 1. The molecule has 1 atom stereocenters. The van der Waals surface area contributed by atoms with E-state index in [1.54, 1.807) is 30.0 Å². The van der Waals surface area contributed by atoms with Crippen molar-refractivity contribution in [2.45, 2.75) is 51.2 Å². The number of aromatic nitrogens is 1. The Morgan fingerprint density at radius 2 is 2.00 bits per heavy atom. The van der Waals surface area contributed by atoms with Crippen molar-refractivity contribution in [1.82, 2.24) is 10.3 Å². The normalized spacial score (nSPS) is 25.9. The van der Waals surface area contributed by atoms with Crippen LogP contribution in [0.3, 0.4) is 0 Å². The Morgan fingerprint density at radius 1 is 1.30 bits per heavy atom. The Kier molecular flexibility index (Phi) is 5.53. The molecule has 2 amide bonds. The molecule has 30 heavy (non-hydrogen) atoms. The number of nitrogens with one attached hydrogen (secondary N) is 1. The molecule has 1 aliphatic heterocycles. The molecular formula is C23H25ClFN3O2. The second-order valence-corrected chi connectivity index (χ2v) is 8.85. The number of aryl methyl sites for hydroxylation is 1. The van der Waals surface area contributed by atoms with Gasteiger partial charge in [0.15, 0.2) is 0 Å². The summed E-state index contributed by atoms with van der Waals surface area (Å²) < 4.78 is 15.0. The number of pyridine rings is 1. The number of amides is 2. The standard InChI is InChI=1S/C23H25ClFN3O2/c1-14-18(11-16(24)12-26-14)21(29)27-17-9-7-15(8-10-17)13-28-20-6-4-3-5-19(20)23(2,25)22(28)30/h3-6,11-12,15,17H,7-10,13H2,1-2H3,(H,27,29). The molecule has 1 aromatic carbocycles. The van der Waals surface area contributed by atoms with Gasteiger partial charge in [0.25, 0.3) is 11.8 Å². The maximum absolute atomic E-state index is 15.0. The van der Waals surface area contributed by atoms with Crippen LogP contribution in [0.4, 0.5) is 10.1 Å². The van der Waals surface area contributed by atoms with E-state index in [1.165, 1.54) is 13.1 Å². The van der Waals surface area contributed by atoms with Gasteiger partial charge in [0.1, 0.15) is 0 Å². The van der Waals surface area contributed by atoms with Crippen molar-refractivity contribution in [2.75, 3.05) is 11.4 Å². The smallest absolute Gasteiger partial charge is 0.269 e. The highest BCUT2D eigenvalue weighted by Gasteiger charge is 2.48. The predicted octanol–water partition coefficient (Wildman–Crippen LogP) is 4.56. The molecule has 5 nitrogen and oxygen atoms in total. The molecule has 1 N–H and O–H groups in total. The van der Waals surface area contributed by atoms with Crippen molar-refractivity contribution < 1.29 is 14.0 Å². The van der Waals surface area contributed by atoms with Crippen LogP contribution in [-0.2, 0) is 10.5 Å². The SMILES string of the molecule is Cc1ncc(Cl)cc1C(=O)NC1CCC(CN2C(=O)C(C)(F)c3ccccc32)CC1. The Bertz CT molecular complexity index is 986. The highest BCUT2D eigenvalue weighted by atomic mass is 35.5. The van der Waals surface area contributed by atoms with Crippen LogP contribution in [0.25, 0.3) is 0 Å². The van der Waals surface area contributed by atoms with Gasteiger partial charge in [0.05, 0.1) is 22.0 Å². The summed E-state index contributed by atoms with van der Waals surface area (Å²) in [4.78, 5) is 31.0. The molecule has 1 saturated carbocycles. The molecule has 1 unspecified atom stereocenters. The van der Waals surface area contributed by atoms with Crippen molar-refractivity contribution in [1.29, 1.82) is 0 Å². The number of para-hydroxylation sites is 1. The van der Waals surface area contributed by atoms with Crippen LogP contribution >= 0.6 is 11.6 Å². The summed E-state index contributed by atoms with van der Waals surface area (Å²) in [6.07, 6.45) is 4.90. The summed E-state index contributed by atoms with van der Waals surface area (Å²) in [5.41, 5.74) is 0.287. The zero-order valence-electron chi connectivity index (χ0n) is 17.1. The van der Waals surface area contributed by atoms with Gasteiger partial charge < -0.3 is 10.2 Å². The molecule has 7 heteroatoms. The monoisotopic (exact) mass is 429 g/mol. The van der Waals surface area contributed by atoms with E-state index in [9.17, 15) is 14.0 Å². The van der Waals surface area contributed by atoms with E-state index in [0.717, 1.165) is 25.7 Å². The van der Waals surface area contributed by atoms with E-state index in [-0.39, 0.29) is 17.9 Å². The van der Waals surface area contributed by atoms with Crippen LogP contribution in [0.15, 0.2) is 36.5 Å². The van der Waals surface area contributed by atoms with Gasteiger partial charge in [-0.1, -0.05) is 29.8 Å². The summed E-state index contributed by atoms with van der Waals surface area (Å²) in [5.74, 6) is -0.371. The average molecular weight is 430 g/mol. The fourth-order valence-electron chi connectivity index (χ4n) is 4.51. The Morgan fingerprint density at radius 3 is 2.73 bits per heavy atom. The third-order valence-electron chi connectivity index (χ3n) is 6.27. The third kappa shape index (κ3) is 3.81. The molecule has 158 valence electrons. The average Bonchev–Trinajstić information content (AvgIpc) is 2.92. The van der Waals surface area contributed by atoms with E-state index in [2.05, 4.69) is 10.3 Å². The van der Waals surface area contributed by atoms with E-state index < -0.39 is 11.6 Å². The van der Waals surface area contributed by atoms with Gasteiger partial charge in [-0.15, -0.1) is 0 Å². The quantitative estimate of drug-likeness (QED) is 0.774. The molecule has 0 spiro atoms. The van der Waals surface area contributed by atoms with Gasteiger partial charge in [-0.25, -0.2) is 4.39 Å². The van der Waals surface area contributed by atoms with Crippen molar-refractivity contribution in [2.24, 2.45) is 5.92 Å². The van der Waals surface area contributed by atoms with Gasteiger partial charge in [-0.05, 0) is 57.6 Å². The van der Waals surface area contributed by atoms with Crippen LogP contribution in [0, 0.1) is 12.8 Å². The zero-order chi connectivity index (χ0) is 21.5. The topological polar surface area (TPSA) is 62.3 Å². The van der Waals surface area contributed by atoms with Crippen molar-refractivity contribution in [3.05, 3.63) is 58.4 Å². The minimum atomic E-state index is -1.97. The molecule has 0 radical (unpaired) electrons. The number of benzene rings is 1. The second kappa shape index (κ2) is 7.99. The van der Waals surface area contributed by atoms with Crippen LogP contribution in [0.5, 0.6) is 0 Å². The molecule has 2 aliphatic rings. The lowest BCUT2D eigenvalue weighted by atomic mass is 9.85. The highest BCUT2D eigenvalue weighted by Crippen LogP contribution is 2.43. The first-order valence-electron chi connectivity index (χ1n) is 10.3. The maximum atomic E-state index is 15.0. The molecule has 1 aliphatic carbocycles. The first-order valence-corrected chi connectivity index (χ1v) is 10.7. The number of alkyl halides is 1. The molecule has 4 rings (SSSR count). The number of anilines is 1. The minimum absolute atomic E-state index is 0.0696. The fraction of sp³-hybridized carbons (Fsp3) is 0.435. The maximum Gasteiger partial charge on any atom is 0.269 e. The van der Waals surface area contributed by atoms with Gasteiger partial charge in [-0.3, -0.25) is 14.6 Å². The fourth-order valence-corrected chi connectivity index (χ4v) is 4.67. The van der Waals surface area contributed by atoms with Crippen LogP contribution in [0.1, 0.15) is 54.2 Å². The third-order valence-corrected chi connectivity index (χ3v) is 6.48. The summed E-state index contributed by atoms with van der Waals surface area (Å²) in [5, 5.41) is 3.51. The summed E-state index contributed by atoms with van der Waals surface area (Å²) >= 11 is 5.97. The van der Waals surface area contributed by atoms with Gasteiger partial charge in [0, 0.05) is 24.3 Å². The van der Waals surface area contributed by atoms with E-state index in [0.29, 0.717) is 34.1 Å². The molecule has 1 aromatic heterocycles. The predicted molar refractivity (Wildman–Crippen MR) is 114 cm³/mol. The van der Waals surface area contributed by atoms with Crippen molar-refractivity contribution in [3.8, 4) is 0 Å². The molecule has 1 fully saturated rings. The number of halogens is 2. The number of rotatable bonds is 4. The summed E-state index contributed by atoms with van der Waals surface area (Å²) in [6, 6.07) is 8.80. The first kappa shape index (κ1) is 20.8. The number of nitrogens with zero attached hydrogens (tertiary/aromatic N) is 2. The number of carbonyl (C=O) groups excluding carboxylic acids is 2. The Labute approximate surface area is 180 Å². The van der Waals surface area contributed by atoms with Gasteiger partial charge in [0.2, 0.25) is 5.67 Å². The van der Waals surface area contributed by atoms with Crippen molar-refractivity contribution >= 4 is 29.1 Å². The summed E-state index contributed by atoms with van der Waals surface area (Å²) in [7, 11) is 0. The second-order valence-electron chi connectivity index (χ2n) is 8.41. The zero-order valence-corrected chi connectivity index (χ0v) is 17.9. The summed E-state index contributed by atoms with van der Waals surface area (Å²) in [6.45, 7) is 3.63. The lowest BCUT2D eigenvalue weighted by Gasteiger charge is -2.32. The number of carbonyl (C=O) groups is 2. The largest absolute Gasteiger partial charge is 0.349 e. The molecule has 0 bridgehead atoms. The Hall–Kier alpha value is -2.47. The van der Waals surface area contributed by atoms with Crippen LogP contribution < -0.4 is 10.2 Å². The van der Waals surface area contributed by atoms with E-state index >= 15 is 0 Å². The van der Waals surface area contributed by atoms with Crippen molar-refractivity contribution in [3.63, 3.8) is 0 Å².